The normalized spacial score (nSPS) is 21.2. The molecule has 2 unspecified atom stereocenters. The van der Waals surface area contributed by atoms with Gasteiger partial charge in [-0.2, -0.15) is 12.7 Å². The average molecular weight is 348 g/mol. The highest BCUT2D eigenvalue weighted by molar-refractivity contribution is 7.84. The third-order valence-electron chi connectivity index (χ3n) is 3.07. The highest BCUT2D eigenvalue weighted by Gasteiger charge is 2.61. The molecule has 2 heterocycles. The summed E-state index contributed by atoms with van der Waals surface area (Å²) in [6.07, 6.45) is 0. The molecular formula is C11H12N2O7S2. The van der Waals surface area contributed by atoms with Crippen LogP contribution in [0.1, 0.15) is 6.92 Å². The topological polar surface area (TPSA) is 121 Å². The molecule has 22 heavy (non-hydrogen) atoms. The van der Waals surface area contributed by atoms with Gasteiger partial charge in [-0.3, -0.25) is 19.0 Å². The van der Waals surface area contributed by atoms with E-state index in [-0.39, 0.29) is 4.31 Å². The molecule has 1 N–H and O–H groups in total. The lowest BCUT2D eigenvalue weighted by Crippen LogP contribution is -2.75. The lowest BCUT2D eigenvalue weighted by molar-refractivity contribution is -0.160. The van der Waals surface area contributed by atoms with E-state index in [0.29, 0.717) is 5.00 Å². The van der Waals surface area contributed by atoms with Gasteiger partial charge in [0.25, 0.3) is 5.91 Å². The van der Waals surface area contributed by atoms with Crippen LogP contribution in [-0.2, 0) is 29.4 Å². The first-order valence-corrected chi connectivity index (χ1v) is 8.19. The average Bonchev–Trinajstić information content (AvgIpc) is 2.92. The van der Waals surface area contributed by atoms with Gasteiger partial charge in [-0.25, -0.2) is 4.79 Å². The molecule has 120 valence electrons. The Morgan fingerprint density at radius 3 is 2.50 bits per heavy atom. The summed E-state index contributed by atoms with van der Waals surface area (Å²) in [5.74, 6) is -2.68. The molecule has 1 aromatic heterocycles. The van der Waals surface area contributed by atoms with Crippen LogP contribution in [0.25, 0.3) is 0 Å². The van der Waals surface area contributed by atoms with Gasteiger partial charge in [0.2, 0.25) is 5.91 Å². The summed E-state index contributed by atoms with van der Waals surface area (Å²) in [7, 11) is -3.92. The number of rotatable bonds is 4. The molecule has 2 atom stereocenters. The second-order valence-electron chi connectivity index (χ2n) is 4.37. The fourth-order valence-corrected chi connectivity index (χ4v) is 3.83. The maximum Gasteiger partial charge on any atom is 0.363 e. The third kappa shape index (κ3) is 2.58. The van der Waals surface area contributed by atoms with Gasteiger partial charge in [-0.1, -0.05) is 0 Å². The molecule has 1 aromatic rings. The van der Waals surface area contributed by atoms with Crippen LogP contribution in [0.4, 0.5) is 5.00 Å². The molecule has 0 aliphatic carbocycles. The van der Waals surface area contributed by atoms with Crippen molar-refractivity contribution >= 4 is 44.4 Å². The third-order valence-corrected chi connectivity index (χ3v) is 4.85. The number of anilines is 1. The van der Waals surface area contributed by atoms with Crippen LogP contribution in [0.2, 0.25) is 0 Å². The molecule has 2 amide bonds. The summed E-state index contributed by atoms with van der Waals surface area (Å²) in [6.45, 7) is 1.18. The number of carbonyl (C=O) groups is 3. The highest BCUT2D eigenvalue weighted by atomic mass is 32.2. The molecule has 1 fully saturated rings. The second-order valence-corrected chi connectivity index (χ2v) is 6.58. The van der Waals surface area contributed by atoms with Gasteiger partial charge in [0.05, 0.1) is 12.1 Å². The van der Waals surface area contributed by atoms with E-state index in [1.807, 2.05) is 0 Å². The summed E-state index contributed by atoms with van der Waals surface area (Å²) < 4.78 is 36.0. The highest BCUT2D eigenvalue weighted by Crippen LogP contribution is 2.34. The van der Waals surface area contributed by atoms with Gasteiger partial charge in [0, 0.05) is 6.92 Å². The zero-order chi connectivity index (χ0) is 16.7. The number of β-lactam (4-membered cyclic amide) rings is 1. The molecule has 0 aromatic carbocycles. The number of hydrogen-bond acceptors (Lipinski definition) is 7. The van der Waals surface area contributed by atoms with Crippen LogP contribution in [0.3, 0.4) is 0 Å². The van der Waals surface area contributed by atoms with E-state index in [9.17, 15) is 22.8 Å². The Bertz CT molecular complexity index is 713. The lowest BCUT2D eigenvalue weighted by atomic mass is 9.97. The Kier molecular flexibility index (Phi) is 4.22. The zero-order valence-corrected chi connectivity index (χ0v) is 13.1. The van der Waals surface area contributed by atoms with Crippen LogP contribution in [0.15, 0.2) is 17.5 Å². The molecular weight excluding hydrogens is 336 g/mol. The molecule has 0 radical (unpaired) electrons. The number of carbonyl (C=O) groups excluding carboxylic acids is 3. The van der Waals surface area contributed by atoms with Crippen molar-refractivity contribution < 1.29 is 32.1 Å². The monoisotopic (exact) mass is 348 g/mol. The van der Waals surface area contributed by atoms with E-state index < -0.39 is 40.2 Å². The van der Waals surface area contributed by atoms with Crippen LogP contribution >= 0.6 is 11.3 Å². The Balaban J connectivity index is 2.46. The first kappa shape index (κ1) is 16.4. The van der Waals surface area contributed by atoms with Gasteiger partial charge in [0.15, 0.2) is 6.04 Å². The Morgan fingerprint density at radius 2 is 2.09 bits per heavy atom. The van der Waals surface area contributed by atoms with E-state index in [4.69, 9.17) is 4.55 Å². The SMILES string of the molecule is COC(=O)C1C(N(C(C)=O)c2cccs2)C(=O)N1S(=O)(=O)O. The number of nitrogens with zero attached hydrogens (tertiary/aromatic N) is 2. The van der Waals surface area contributed by atoms with E-state index in [0.717, 1.165) is 23.3 Å². The van der Waals surface area contributed by atoms with Crippen molar-refractivity contribution in [1.29, 1.82) is 0 Å². The molecule has 1 aliphatic heterocycles. The number of amides is 2. The Labute approximate surface area is 130 Å². The number of thiophene rings is 1. The van der Waals surface area contributed by atoms with Gasteiger partial charge in [-0.15, -0.1) is 11.3 Å². The predicted octanol–water partition coefficient (Wildman–Crippen LogP) is -0.344. The number of methoxy groups -OCH3 is 1. The number of esters is 1. The van der Waals surface area contributed by atoms with E-state index in [1.165, 1.54) is 6.92 Å². The smallest absolute Gasteiger partial charge is 0.363 e. The van der Waals surface area contributed by atoms with Crippen LogP contribution < -0.4 is 4.90 Å². The van der Waals surface area contributed by atoms with E-state index >= 15 is 0 Å². The quantitative estimate of drug-likeness (QED) is 0.448. The molecule has 9 nitrogen and oxygen atoms in total. The van der Waals surface area contributed by atoms with Crippen molar-refractivity contribution in [3.8, 4) is 0 Å². The summed E-state index contributed by atoms with van der Waals surface area (Å²) in [6, 6.07) is 0.167. The zero-order valence-electron chi connectivity index (χ0n) is 11.5. The van der Waals surface area contributed by atoms with Gasteiger partial charge < -0.3 is 4.74 Å². The summed E-state index contributed by atoms with van der Waals surface area (Å²) >= 11 is 1.14. The maximum absolute atomic E-state index is 12.1. The molecule has 1 saturated heterocycles. The van der Waals surface area contributed by atoms with Crippen LogP contribution in [0, 0.1) is 0 Å². The first-order chi connectivity index (χ1) is 10.2. The molecule has 0 spiro atoms. The molecule has 0 saturated carbocycles. The molecule has 11 heteroatoms. The van der Waals surface area contributed by atoms with E-state index in [2.05, 4.69) is 4.74 Å². The molecule has 1 aliphatic rings. The lowest BCUT2D eigenvalue weighted by Gasteiger charge is -2.46. The minimum absolute atomic E-state index is 0.00699. The summed E-state index contributed by atoms with van der Waals surface area (Å²) in [4.78, 5) is 36.7. The fraction of sp³-hybridized carbons (Fsp3) is 0.364. The summed E-state index contributed by atoms with van der Waals surface area (Å²) in [5, 5.41) is 2.03. The second kappa shape index (κ2) is 5.66. The Hall–Kier alpha value is -1.98. The maximum atomic E-state index is 12.1. The number of hydrogen-bond donors (Lipinski definition) is 1. The standard InChI is InChI=1S/C11H12N2O7S2/c1-6(14)12(7-4-3-5-21-7)8-9(11(16)20-2)13(10(8)15)22(17,18)19/h3-5,8-9H,1-2H3,(H,17,18,19). The van der Waals surface area contributed by atoms with Crippen molar-refractivity contribution in [3.05, 3.63) is 17.5 Å². The van der Waals surface area contributed by atoms with E-state index in [1.54, 1.807) is 17.5 Å². The summed E-state index contributed by atoms with van der Waals surface area (Å²) in [5.41, 5.74) is 0. The van der Waals surface area contributed by atoms with Crippen molar-refractivity contribution in [2.75, 3.05) is 12.0 Å². The van der Waals surface area contributed by atoms with Gasteiger partial charge >= 0.3 is 16.3 Å². The Morgan fingerprint density at radius 1 is 1.45 bits per heavy atom. The largest absolute Gasteiger partial charge is 0.467 e. The van der Waals surface area contributed by atoms with Crippen molar-refractivity contribution in [3.63, 3.8) is 0 Å². The van der Waals surface area contributed by atoms with Crippen molar-refractivity contribution in [2.45, 2.75) is 19.0 Å². The predicted molar refractivity (Wildman–Crippen MR) is 75.5 cm³/mol. The van der Waals surface area contributed by atoms with Gasteiger partial charge in [0.1, 0.15) is 6.04 Å². The molecule has 0 bridgehead atoms. The van der Waals surface area contributed by atoms with Crippen LogP contribution in [0.5, 0.6) is 0 Å². The van der Waals surface area contributed by atoms with Gasteiger partial charge in [-0.05, 0) is 17.5 Å². The first-order valence-electron chi connectivity index (χ1n) is 5.92. The molecule has 2 rings (SSSR count). The number of ether oxygens (including phenoxy) is 1. The van der Waals surface area contributed by atoms with Crippen molar-refractivity contribution in [1.82, 2.24) is 4.31 Å². The fourth-order valence-electron chi connectivity index (χ4n) is 2.20. The minimum Gasteiger partial charge on any atom is -0.467 e. The minimum atomic E-state index is -4.93. The van der Waals surface area contributed by atoms with Crippen molar-refractivity contribution in [2.24, 2.45) is 0 Å². The van der Waals surface area contributed by atoms with Crippen LogP contribution in [-0.4, -0.2) is 54.3 Å².